The molecule has 0 aliphatic carbocycles. The first-order valence-corrected chi connectivity index (χ1v) is 11.9. The second kappa shape index (κ2) is 10.3. The first kappa shape index (κ1) is 23.1. The normalized spacial score (nSPS) is 17.3. The van der Waals surface area contributed by atoms with E-state index in [1.165, 1.54) is 0 Å². The molecule has 1 saturated heterocycles. The number of fused-ring (bicyclic) bond motifs is 1. The van der Waals surface area contributed by atoms with E-state index in [0.29, 0.717) is 18.9 Å². The molecule has 3 aromatic rings. The van der Waals surface area contributed by atoms with Crippen LogP contribution in [0.3, 0.4) is 0 Å². The van der Waals surface area contributed by atoms with Gasteiger partial charge >= 0.3 is 6.03 Å². The number of rotatable bonds is 6. The van der Waals surface area contributed by atoms with E-state index in [1.807, 2.05) is 42.5 Å². The number of carbonyl (C=O) groups is 1. The Kier molecular flexibility index (Phi) is 6.78. The van der Waals surface area contributed by atoms with Crippen molar-refractivity contribution in [2.45, 2.75) is 26.1 Å². The monoisotopic (exact) mass is 474 g/mol. The van der Waals surface area contributed by atoms with Gasteiger partial charge in [-0.15, -0.1) is 0 Å². The van der Waals surface area contributed by atoms with Crippen LogP contribution in [0, 0.1) is 0 Å². The fourth-order valence-corrected chi connectivity index (χ4v) is 4.51. The Labute approximate surface area is 204 Å². The summed E-state index contributed by atoms with van der Waals surface area (Å²) in [6.45, 7) is 5.77. The predicted molar refractivity (Wildman–Crippen MR) is 136 cm³/mol. The van der Waals surface area contributed by atoms with Crippen LogP contribution in [-0.4, -0.2) is 60.1 Å². The number of anilines is 3. The standard InChI is InChI=1S/C26H30N6O3/c1-18-17-35-14-12-32(18)25-29-23-16-31(21-5-3-2-4-6-21)15-22(23)24(30-25)19-7-9-20(10-8-19)28-26(34)27-11-13-33/h2-10,18,33H,11-17H2,1H3,(H2,27,28,34). The number of aromatic nitrogens is 2. The van der Waals surface area contributed by atoms with Crippen LogP contribution in [0.1, 0.15) is 18.2 Å². The van der Waals surface area contributed by atoms with Crippen molar-refractivity contribution in [3.05, 3.63) is 65.9 Å². The minimum atomic E-state index is -0.350. The smallest absolute Gasteiger partial charge is 0.319 e. The summed E-state index contributed by atoms with van der Waals surface area (Å²) in [6, 6.07) is 17.9. The Hall–Kier alpha value is -3.69. The van der Waals surface area contributed by atoms with Gasteiger partial charge in [-0.1, -0.05) is 30.3 Å². The summed E-state index contributed by atoms with van der Waals surface area (Å²) in [5.41, 5.74) is 5.88. The fourth-order valence-electron chi connectivity index (χ4n) is 4.51. The molecule has 2 amide bonds. The number of para-hydroxylation sites is 1. The molecule has 2 aromatic carbocycles. The van der Waals surface area contributed by atoms with Crippen LogP contribution in [0.25, 0.3) is 11.3 Å². The summed E-state index contributed by atoms with van der Waals surface area (Å²) in [4.78, 5) is 26.5. The van der Waals surface area contributed by atoms with Gasteiger partial charge in [0.25, 0.3) is 0 Å². The number of aliphatic hydroxyl groups excluding tert-OH is 1. The third-order valence-corrected chi connectivity index (χ3v) is 6.33. The highest BCUT2D eigenvalue weighted by atomic mass is 16.5. The van der Waals surface area contributed by atoms with Gasteiger partial charge < -0.3 is 30.3 Å². The molecule has 0 saturated carbocycles. The zero-order valence-corrected chi connectivity index (χ0v) is 19.8. The van der Waals surface area contributed by atoms with Crippen LogP contribution in [0.2, 0.25) is 0 Å². The average Bonchev–Trinajstić information content (AvgIpc) is 3.33. The Morgan fingerprint density at radius 2 is 1.91 bits per heavy atom. The van der Waals surface area contributed by atoms with Crippen LogP contribution in [0.15, 0.2) is 54.6 Å². The SMILES string of the molecule is CC1COCCN1c1nc2c(c(-c3ccc(NC(=O)NCCO)cc3)n1)CN(c1ccccc1)C2. The summed E-state index contributed by atoms with van der Waals surface area (Å²) >= 11 is 0. The molecular weight excluding hydrogens is 444 g/mol. The van der Waals surface area contributed by atoms with Gasteiger partial charge in [-0.3, -0.25) is 0 Å². The molecule has 1 aromatic heterocycles. The molecule has 9 heteroatoms. The maximum absolute atomic E-state index is 11.9. The molecule has 35 heavy (non-hydrogen) atoms. The molecule has 1 fully saturated rings. The lowest BCUT2D eigenvalue weighted by molar-refractivity contribution is 0.0981. The Balaban J connectivity index is 1.47. The molecule has 0 spiro atoms. The molecule has 2 aliphatic heterocycles. The van der Waals surface area contributed by atoms with Crippen molar-refractivity contribution in [1.29, 1.82) is 0 Å². The summed E-state index contributed by atoms with van der Waals surface area (Å²) in [7, 11) is 0. The van der Waals surface area contributed by atoms with Crippen molar-refractivity contribution in [2.24, 2.45) is 0 Å². The number of nitrogens with zero attached hydrogens (tertiary/aromatic N) is 4. The number of aliphatic hydroxyl groups is 1. The molecule has 0 radical (unpaired) electrons. The summed E-state index contributed by atoms with van der Waals surface area (Å²) in [5, 5.41) is 14.2. The van der Waals surface area contributed by atoms with Gasteiger partial charge in [-0.25, -0.2) is 14.8 Å². The van der Waals surface area contributed by atoms with Gasteiger partial charge in [0.05, 0.1) is 43.8 Å². The van der Waals surface area contributed by atoms with Crippen molar-refractivity contribution in [1.82, 2.24) is 15.3 Å². The van der Waals surface area contributed by atoms with E-state index in [-0.39, 0.29) is 25.2 Å². The molecule has 5 rings (SSSR count). The second-order valence-electron chi connectivity index (χ2n) is 8.79. The zero-order chi connectivity index (χ0) is 24.2. The van der Waals surface area contributed by atoms with E-state index in [0.717, 1.165) is 53.8 Å². The first-order valence-electron chi connectivity index (χ1n) is 11.9. The maximum Gasteiger partial charge on any atom is 0.319 e. The summed E-state index contributed by atoms with van der Waals surface area (Å²) < 4.78 is 5.63. The highest BCUT2D eigenvalue weighted by Crippen LogP contribution is 2.35. The predicted octanol–water partition coefficient (Wildman–Crippen LogP) is 3.00. The lowest BCUT2D eigenvalue weighted by Gasteiger charge is -2.33. The molecule has 3 heterocycles. The van der Waals surface area contributed by atoms with Gasteiger partial charge in [0.15, 0.2) is 0 Å². The van der Waals surface area contributed by atoms with E-state index in [1.54, 1.807) is 0 Å². The lowest BCUT2D eigenvalue weighted by atomic mass is 10.1. The van der Waals surface area contributed by atoms with Gasteiger partial charge in [-0.05, 0) is 31.2 Å². The number of ether oxygens (including phenoxy) is 1. The third kappa shape index (κ3) is 5.06. The largest absolute Gasteiger partial charge is 0.395 e. The maximum atomic E-state index is 11.9. The van der Waals surface area contributed by atoms with Crippen LogP contribution in [-0.2, 0) is 17.8 Å². The van der Waals surface area contributed by atoms with E-state index < -0.39 is 0 Å². The quantitative estimate of drug-likeness (QED) is 0.505. The van der Waals surface area contributed by atoms with Crippen molar-refractivity contribution in [3.63, 3.8) is 0 Å². The van der Waals surface area contributed by atoms with Gasteiger partial charge in [0, 0.05) is 42.1 Å². The topological polar surface area (TPSA) is 103 Å². The summed E-state index contributed by atoms with van der Waals surface area (Å²) in [5.74, 6) is 0.732. The minimum absolute atomic E-state index is 0.102. The molecule has 3 N–H and O–H groups in total. The van der Waals surface area contributed by atoms with E-state index >= 15 is 0 Å². The number of amides is 2. The van der Waals surface area contributed by atoms with Crippen LogP contribution in [0.5, 0.6) is 0 Å². The number of hydrogen-bond acceptors (Lipinski definition) is 7. The van der Waals surface area contributed by atoms with Gasteiger partial charge in [0.1, 0.15) is 0 Å². The first-order chi connectivity index (χ1) is 17.1. The molecule has 182 valence electrons. The van der Waals surface area contributed by atoms with Crippen molar-refractivity contribution in [3.8, 4) is 11.3 Å². The summed E-state index contributed by atoms with van der Waals surface area (Å²) in [6.07, 6.45) is 0. The van der Waals surface area contributed by atoms with Gasteiger partial charge in [-0.2, -0.15) is 0 Å². The fraction of sp³-hybridized carbons (Fsp3) is 0.346. The Bertz CT molecular complexity index is 1170. The van der Waals surface area contributed by atoms with Gasteiger partial charge in [0.2, 0.25) is 5.95 Å². The van der Waals surface area contributed by atoms with E-state index in [9.17, 15) is 4.79 Å². The molecule has 2 aliphatic rings. The number of benzene rings is 2. The highest BCUT2D eigenvalue weighted by Gasteiger charge is 2.29. The number of carbonyl (C=O) groups excluding carboxylic acids is 1. The molecule has 1 atom stereocenters. The minimum Gasteiger partial charge on any atom is -0.395 e. The molecular formula is C26H30N6O3. The van der Waals surface area contributed by atoms with Crippen LogP contribution < -0.4 is 20.4 Å². The third-order valence-electron chi connectivity index (χ3n) is 6.33. The number of hydrogen-bond donors (Lipinski definition) is 3. The molecule has 1 unspecified atom stereocenters. The number of morpholine rings is 1. The molecule has 0 bridgehead atoms. The van der Waals surface area contributed by atoms with E-state index in [4.69, 9.17) is 19.8 Å². The highest BCUT2D eigenvalue weighted by molar-refractivity contribution is 5.89. The van der Waals surface area contributed by atoms with Crippen LogP contribution in [0.4, 0.5) is 22.1 Å². The second-order valence-corrected chi connectivity index (χ2v) is 8.79. The number of urea groups is 1. The van der Waals surface area contributed by atoms with Crippen molar-refractivity contribution >= 4 is 23.4 Å². The van der Waals surface area contributed by atoms with Crippen molar-refractivity contribution in [2.75, 3.05) is 48.0 Å². The Morgan fingerprint density at radius 3 is 2.66 bits per heavy atom. The molecule has 9 nitrogen and oxygen atoms in total. The zero-order valence-electron chi connectivity index (χ0n) is 19.8. The lowest BCUT2D eigenvalue weighted by Crippen LogP contribution is -2.44. The van der Waals surface area contributed by atoms with Crippen LogP contribution >= 0.6 is 0 Å². The average molecular weight is 475 g/mol. The number of nitrogens with one attached hydrogen (secondary N) is 2. The van der Waals surface area contributed by atoms with Crippen molar-refractivity contribution < 1.29 is 14.6 Å². The Morgan fingerprint density at radius 1 is 1.11 bits per heavy atom. The van der Waals surface area contributed by atoms with E-state index in [2.05, 4.69) is 39.5 Å².